The minimum atomic E-state index is -0.395. The van der Waals surface area contributed by atoms with Crippen molar-refractivity contribution >= 4 is 11.8 Å². The summed E-state index contributed by atoms with van der Waals surface area (Å²) in [5.74, 6) is -1.10. The second-order valence-electron chi connectivity index (χ2n) is 7.26. The van der Waals surface area contributed by atoms with Gasteiger partial charge in [-0.05, 0) is 62.6 Å². The molecule has 2 amide bonds. The number of benzene rings is 1. The molecule has 1 aliphatic rings. The Bertz CT molecular complexity index is 937. The van der Waals surface area contributed by atoms with Gasteiger partial charge in [-0.25, -0.2) is 4.39 Å². The number of likely N-dealkylation sites (tertiary alicyclic amines) is 1. The molecule has 0 aliphatic carbocycles. The fraction of sp³-hybridized carbons (Fsp3) is 0.381. The van der Waals surface area contributed by atoms with E-state index in [1.54, 1.807) is 4.90 Å². The molecule has 1 fully saturated rings. The maximum Gasteiger partial charge on any atom is 0.253 e. The molecule has 148 valence electrons. The van der Waals surface area contributed by atoms with Crippen LogP contribution in [0, 0.1) is 25.6 Å². The Morgan fingerprint density at radius 3 is 2.64 bits per heavy atom. The van der Waals surface area contributed by atoms with Crippen molar-refractivity contribution in [3.63, 3.8) is 0 Å². The second kappa shape index (κ2) is 8.37. The first-order valence-electron chi connectivity index (χ1n) is 9.37. The first kappa shape index (κ1) is 19.8. The lowest BCUT2D eigenvalue weighted by Gasteiger charge is -2.32. The van der Waals surface area contributed by atoms with Gasteiger partial charge in [-0.15, -0.1) is 0 Å². The van der Waals surface area contributed by atoms with Crippen molar-refractivity contribution in [2.45, 2.75) is 33.2 Å². The van der Waals surface area contributed by atoms with Gasteiger partial charge in [0.25, 0.3) is 11.5 Å². The maximum atomic E-state index is 13.1. The van der Waals surface area contributed by atoms with E-state index in [9.17, 15) is 18.8 Å². The highest BCUT2D eigenvalue weighted by atomic mass is 19.1. The smallest absolute Gasteiger partial charge is 0.253 e. The predicted octanol–water partition coefficient (Wildman–Crippen LogP) is 2.30. The van der Waals surface area contributed by atoms with E-state index in [1.165, 1.54) is 24.3 Å². The summed E-state index contributed by atoms with van der Waals surface area (Å²) in [5, 5.41) is 2.83. The third-order valence-electron chi connectivity index (χ3n) is 5.10. The molecule has 28 heavy (non-hydrogen) atoms. The monoisotopic (exact) mass is 385 g/mol. The summed E-state index contributed by atoms with van der Waals surface area (Å²) in [6, 6.07) is 7.28. The number of rotatable bonds is 4. The molecule has 0 radical (unpaired) electrons. The van der Waals surface area contributed by atoms with E-state index < -0.39 is 5.82 Å². The number of aromatic nitrogens is 1. The number of amides is 2. The van der Waals surface area contributed by atoms with E-state index >= 15 is 0 Å². The van der Waals surface area contributed by atoms with Crippen molar-refractivity contribution in [3.8, 4) is 0 Å². The van der Waals surface area contributed by atoms with Gasteiger partial charge in [0.2, 0.25) is 5.91 Å². The van der Waals surface area contributed by atoms with Gasteiger partial charge in [0.1, 0.15) is 5.82 Å². The molecule has 7 heteroatoms. The molecule has 1 aliphatic heterocycles. The van der Waals surface area contributed by atoms with E-state index in [0.717, 1.165) is 17.7 Å². The second-order valence-corrected chi connectivity index (χ2v) is 7.26. The van der Waals surface area contributed by atoms with Gasteiger partial charge in [0.15, 0.2) is 0 Å². The Morgan fingerprint density at radius 1 is 1.25 bits per heavy atom. The van der Waals surface area contributed by atoms with Crippen LogP contribution in [0.5, 0.6) is 0 Å². The number of piperidine rings is 1. The Labute approximate surface area is 162 Å². The highest BCUT2D eigenvalue weighted by Crippen LogP contribution is 2.19. The average Bonchev–Trinajstić information content (AvgIpc) is 2.67. The van der Waals surface area contributed by atoms with Crippen LogP contribution < -0.4 is 10.9 Å². The molecule has 1 aromatic carbocycles. The number of nitrogens with one attached hydrogen (secondary N) is 2. The molecule has 2 N–H and O–H groups in total. The molecule has 0 unspecified atom stereocenters. The molecule has 2 aromatic rings. The third kappa shape index (κ3) is 4.47. The summed E-state index contributed by atoms with van der Waals surface area (Å²) in [4.78, 5) is 41.7. The van der Waals surface area contributed by atoms with Crippen LogP contribution in [0.25, 0.3) is 0 Å². The minimum absolute atomic E-state index is 0.155. The Morgan fingerprint density at radius 2 is 1.96 bits per heavy atom. The SMILES string of the molecule is Cc1cc(C)c(CNC(=O)[C@H]2CCCN(C(=O)c3ccc(F)cc3)C2)c(=O)[nH]1. The number of carbonyl (C=O) groups excluding carboxylic acids is 2. The molecule has 2 heterocycles. The molecule has 1 aromatic heterocycles. The zero-order valence-corrected chi connectivity index (χ0v) is 16.0. The number of pyridine rings is 1. The highest BCUT2D eigenvalue weighted by Gasteiger charge is 2.29. The molecular formula is C21H24FN3O3. The normalized spacial score (nSPS) is 16.7. The molecule has 6 nitrogen and oxygen atoms in total. The lowest BCUT2D eigenvalue weighted by atomic mass is 9.96. The van der Waals surface area contributed by atoms with Crippen molar-refractivity contribution in [2.24, 2.45) is 5.92 Å². The fourth-order valence-electron chi connectivity index (χ4n) is 3.57. The molecule has 1 saturated heterocycles. The van der Waals surface area contributed by atoms with E-state index in [4.69, 9.17) is 0 Å². The average molecular weight is 385 g/mol. The van der Waals surface area contributed by atoms with Crippen LogP contribution in [0.4, 0.5) is 4.39 Å². The quantitative estimate of drug-likeness (QED) is 0.847. The van der Waals surface area contributed by atoms with Gasteiger partial charge in [0.05, 0.1) is 5.92 Å². The number of aromatic amines is 1. The van der Waals surface area contributed by atoms with Gasteiger partial charge >= 0.3 is 0 Å². The van der Waals surface area contributed by atoms with Crippen molar-refractivity contribution in [1.29, 1.82) is 0 Å². The Balaban J connectivity index is 1.62. The number of H-pyrrole nitrogens is 1. The third-order valence-corrected chi connectivity index (χ3v) is 5.10. The van der Waals surface area contributed by atoms with E-state index in [0.29, 0.717) is 30.6 Å². The number of halogens is 1. The minimum Gasteiger partial charge on any atom is -0.352 e. The van der Waals surface area contributed by atoms with Gasteiger partial charge in [-0.2, -0.15) is 0 Å². The van der Waals surface area contributed by atoms with Gasteiger partial charge in [-0.1, -0.05) is 0 Å². The van der Waals surface area contributed by atoms with Crippen molar-refractivity contribution in [1.82, 2.24) is 15.2 Å². The van der Waals surface area contributed by atoms with Crippen molar-refractivity contribution in [2.75, 3.05) is 13.1 Å². The standard InChI is InChI=1S/C21H24FN3O3/c1-13-10-14(2)24-20(27)18(13)11-23-19(26)16-4-3-9-25(12-16)21(28)15-5-7-17(22)8-6-15/h5-8,10,16H,3-4,9,11-12H2,1-2H3,(H,23,26)(H,24,27)/t16-/m0/s1. The van der Waals surface area contributed by atoms with Crippen LogP contribution in [0.1, 0.15) is 40.0 Å². The van der Waals surface area contributed by atoms with E-state index in [1.807, 2.05) is 19.9 Å². The number of hydrogen-bond donors (Lipinski definition) is 2. The topological polar surface area (TPSA) is 82.3 Å². The van der Waals surface area contributed by atoms with E-state index in [2.05, 4.69) is 10.3 Å². The van der Waals surface area contributed by atoms with E-state index in [-0.39, 0.29) is 29.8 Å². The van der Waals surface area contributed by atoms with Crippen LogP contribution in [0.15, 0.2) is 35.1 Å². The van der Waals surface area contributed by atoms with Crippen LogP contribution >= 0.6 is 0 Å². The first-order valence-corrected chi connectivity index (χ1v) is 9.37. The predicted molar refractivity (Wildman–Crippen MR) is 103 cm³/mol. The summed E-state index contributed by atoms with van der Waals surface area (Å²) in [6.07, 6.45) is 1.40. The Kier molecular flexibility index (Phi) is 5.92. The zero-order chi connectivity index (χ0) is 20.3. The molecule has 0 saturated carbocycles. The van der Waals surface area contributed by atoms with Crippen molar-refractivity contribution < 1.29 is 14.0 Å². The van der Waals surface area contributed by atoms with Gasteiger partial charge in [0, 0.05) is 36.5 Å². The van der Waals surface area contributed by atoms with Gasteiger partial charge < -0.3 is 15.2 Å². The lowest BCUT2D eigenvalue weighted by molar-refractivity contribution is -0.126. The molecule has 0 spiro atoms. The number of nitrogens with zero attached hydrogens (tertiary/aromatic N) is 1. The molecule has 3 rings (SSSR count). The maximum absolute atomic E-state index is 13.1. The summed E-state index contributed by atoms with van der Waals surface area (Å²) in [6.45, 7) is 4.68. The lowest BCUT2D eigenvalue weighted by Crippen LogP contribution is -2.45. The summed E-state index contributed by atoms with van der Waals surface area (Å²) in [5.41, 5.74) is 2.35. The number of hydrogen-bond acceptors (Lipinski definition) is 3. The van der Waals surface area contributed by atoms with Gasteiger partial charge in [-0.3, -0.25) is 14.4 Å². The molecule has 1 atom stereocenters. The van der Waals surface area contributed by atoms with Crippen LogP contribution in [0.2, 0.25) is 0 Å². The summed E-state index contributed by atoms with van der Waals surface area (Å²) >= 11 is 0. The summed E-state index contributed by atoms with van der Waals surface area (Å²) in [7, 11) is 0. The van der Waals surface area contributed by atoms with Crippen LogP contribution in [-0.2, 0) is 11.3 Å². The van der Waals surface area contributed by atoms with Crippen LogP contribution in [-0.4, -0.2) is 34.8 Å². The molecule has 0 bridgehead atoms. The molecular weight excluding hydrogens is 361 g/mol. The number of carbonyl (C=O) groups is 2. The van der Waals surface area contributed by atoms with Crippen molar-refractivity contribution in [3.05, 3.63) is 68.9 Å². The largest absolute Gasteiger partial charge is 0.352 e. The zero-order valence-electron chi connectivity index (χ0n) is 16.0. The first-order chi connectivity index (χ1) is 13.3. The fourth-order valence-corrected chi connectivity index (χ4v) is 3.57. The highest BCUT2D eigenvalue weighted by molar-refractivity contribution is 5.94. The van der Waals surface area contributed by atoms with Crippen LogP contribution in [0.3, 0.4) is 0 Å². The Hall–Kier alpha value is -2.96. The summed E-state index contributed by atoms with van der Waals surface area (Å²) < 4.78 is 13.1. The number of aryl methyl sites for hydroxylation is 2.